The number of nitrogens with two attached hydrogens (primary N) is 1. The van der Waals surface area contributed by atoms with Gasteiger partial charge in [-0.2, -0.15) is 0 Å². The number of carbonyl (C=O) groups is 3. The number of ether oxygens (including phenoxy) is 1. The molecule has 0 saturated carbocycles. The number of amides is 3. The van der Waals surface area contributed by atoms with Crippen molar-refractivity contribution in [1.29, 1.82) is 0 Å². The van der Waals surface area contributed by atoms with Crippen molar-refractivity contribution in [2.24, 2.45) is 5.73 Å². The van der Waals surface area contributed by atoms with E-state index >= 15 is 0 Å². The number of benzene rings is 3. The summed E-state index contributed by atoms with van der Waals surface area (Å²) < 4.78 is 5.47. The lowest BCUT2D eigenvalue weighted by Crippen LogP contribution is -2.54. The maximum absolute atomic E-state index is 13.2. The SMILES string of the molecule is CCOc1ccc(C[C@@H](NC(=O)c2ccccc2)C(=O)N[C@@H](Cc2ccccc2)C(N)=O)cc1. The third-order valence-corrected chi connectivity index (χ3v) is 5.27. The van der Waals surface area contributed by atoms with Crippen LogP contribution in [0.3, 0.4) is 0 Å². The molecule has 3 aromatic rings. The van der Waals surface area contributed by atoms with Gasteiger partial charge in [-0.3, -0.25) is 14.4 Å². The van der Waals surface area contributed by atoms with Gasteiger partial charge in [0.2, 0.25) is 11.8 Å². The molecule has 2 atom stereocenters. The van der Waals surface area contributed by atoms with Gasteiger partial charge < -0.3 is 21.1 Å². The van der Waals surface area contributed by atoms with Gasteiger partial charge in [-0.1, -0.05) is 60.7 Å². The Labute approximate surface area is 199 Å². The number of hydrogen-bond acceptors (Lipinski definition) is 4. The van der Waals surface area contributed by atoms with E-state index in [1.165, 1.54) is 0 Å². The Bertz CT molecular complexity index is 1090. The van der Waals surface area contributed by atoms with Crippen LogP contribution < -0.4 is 21.1 Å². The number of rotatable bonds is 11. The maximum Gasteiger partial charge on any atom is 0.251 e. The van der Waals surface area contributed by atoms with Crippen molar-refractivity contribution < 1.29 is 19.1 Å². The van der Waals surface area contributed by atoms with Gasteiger partial charge in [0, 0.05) is 18.4 Å². The van der Waals surface area contributed by atoms with Gasteiger partial charge in [0.15, 0.2) is 0 Å². The second kappa shape index (κ2) is 12.2. The fourth-order valence-electron chi connectivity index (χ4n) is 3.51. The van der Waals surface area contributed by atoms with Gasteiger partial charge in [0.1, 0.15) is 17.8 Å². The normalized spacial score (nSPS) is 12.3. The largest absolute Gasteiger partial charge is 0.494 e. The van der Waals surface area contributed by atoms with Gasteiger partial charge in [0.05, 0.1) is 6.61 Å². The van der Waals surface area contributed by atoms with E-state index in [-0.39, 0.29) is 18.7 Å². The standard InChI is InChI=1S/C27H29N3O4/c1-2-34-22-15-13-20(14-16-22)18-24(30-26(32)21-11-7-4-8-12-21)27(33)29-23(25(28)31)17-19-9-5-3-6-10-19/h3-16,23-24H,2,17-18H2,1H3,(H2,28,31)(H,29,33)(H,30,32)/t23-,24+/m0/s1. The van der Waals surface area contributed by atoms with Crippen molar-refractivity contribution in [2.75, 3.05) is 6.61 Å². The van der Waals surface area contributed by atoms with Crippen molar-refractivity contribution >= 4 is 17.7 Å². The zero-order valence-electron chi connectivity index (χ0n) is 19.1. The molecule has 176 valence electrons. The lowest BCUT2D eigenvalue weighted by Gasteiger charge is -2.22. The van der Waals surface area contributed by atoms with E-state index in [0.717, 1.165) is 16.9 Å². The lowest BCUT2D eigenvalue weighted by molar-refractivity contribution is -0.128. The predicted molar refractivity (Wildman–Crippen MR) is 130 cm³/mol. The van der Waals surface area contributed by atoms with Crippen molar-refractivity contribution in [3.05, 3.63) is 102 Å². The molecule has 3 rings (SSSR count). The summed E-state index contributed by atoms with van der Waals surface area (Å²) in [4.78, 5) is 38.1. The number of primary amides is 1. The highest BCUT2D eigenvalue weighted by Gasteiger charge is 2.26. The summed E-state index contributed by atoms with van der Waals surface area (Å²) in [5.41, 5.74) is 7.69. The summed E-state index contributed by atoms with van der Waals surface area (Å²) in [6.07, 6.45) is 0.484. The molecule has 34 heavy (non-hydrogen) atoms. The van der Waals surface area contributed by atoms with Gasteiger partial charge in [-0.25, -0.2) is 0 Å². The highest BCUT2D eigenvalue weighted by Crippen LogP contribution is 2.14. The van der Waals surface area contributed by atoms with Gasteiger partial charge in [-0.15, -0.1) is 0 Å². The van der Waals surface area contributed by atoms with Gasteiger partial charge >= 0.3 is 0 Å². The fourth-order valence-corrected chi connectivity index (χ4v) is 3.51. The van der Waals surface area contributed by atoms with Crippen molar-refractivity contribution in [3.63, 3.8) is 0 Å². The Morgan fingerprint density at radius 1 is 0.765 bits per heavy atom. The molecule has 0 saturated heterocycles. The first kappa shape index (κ1) is 24.5. The third-order valence-electron chi connectivity index (χ3n) is 5.27. The van der Waals surface area contributed by atoms with E-state index in [0.29, 0.717) is 12.2 Å². The number of carbonyl (C=O) groups excluding carboxylic acids is 3. The summed E-state index contributed by atoms with van der Waals surface area (Å²) in [5, 5.41) is 5.52. The summed E-state index contributed by atoms with van der Waals surface area (Å²) in [5.74, 6) is -0.799. The fraction of sp³-hybridized carbons (Fsp3) is 0.222. The van der Waals surface area contributed by atoms with Crippen LogP contribution in [0.5, 0.6) is 5.75 Å². The molecule has 4 N–H and O–H groups in total. The van der Waals surface area contributed by atoms with Crippen LogP contribution in [0.2, 0.25) is 0 Å². The first-order valence-electron chi connectivity index (χ1n) is 11.2. The van der Waals surface area contributed by atoms with Crippen molar-refractivity contribution in [3.8, 4) is 5.75 Å². The average Bonchev–Trinajstić information content (AvgIpc) is 2.85. The second-order valence-corrected chi connectivity index (χ2v) is 7.83. The van der Waals surface area contributed by atoms with Crippen LogP contribution in [-0.4, -0.2) is 36.4 Å². The molecule has 3 amide bonds. The molecule has 0 aliphatic carbocycles. The highest BCUT2D eigenvalue weighted by molar-refractivity contribution is 5.98. The first-order valence-corrected chi connectivity index (χ1v) is 11.2. The van der Waals surface area contributed by atoms with Crippen LogP contribution in [-0.2, 0) is 22.4 Å². The van der Waals surface area contributed by atoms with E-state index in [9.17, 15) is 14.4 Å². The molecule has 3 aromatic carbocycles. The molecule has 0 heterocycles. The molecule has 0 aliphatic heterocycles. The lowest BCUT2D eigenvalue weighted by atomic mass is 10.0. The minimum absolute atomic E-state index is 0.230. The first-order chi connectivity index (χ1) is 16.5. The minimum Gasteiger partial charge on any atom is -0.494 e. The van der Waals surface area contributed by atoms with Crippen molar-refractivity contribution in [1.82, 2.24) is 10.6 Å². The molecule has 0 spiro atoms. The van der Waals surface area contributed by atoms with Crippen LogP contribution in [0.1, 0.15) is 28.4 Å². The number of hydrogen-bond donors (Lipinski definition) is 3. The van der Waals surface area contributed by atoms with Crippen molar-refractivity contribution in [2.45, 2.75) is 31.8 Å². The molecule has 0 fully saturated rings. The van der Waals surface area contributed by atoms with E-state index in [1.54, 1.807) is 24.3 Å². The monoisotopic (exact) mass is 459 g/mol. The van der Waals surface area contributed by atoms with Crippen LogP contribution in [0, 0.1) is 0 Å². The smallest absolute Gasteiger partial charge is 0.251 e. The van der Waals surface area contributed by atoms with E-state index in [2.05, 4.69) is 10.6 Å². The molecule has 0 aliphatic rings. The van der Waals surface area contributed by atoms with E-state index in [4.69, 9.17) is 10.5 Å². The number of nitrogens with one attached hydrogen (secondary N) is 2. The Hall–Kier alpha value is -4.13. The Kier molecular flexibility index (Phi) is 8.80. The molecule has 0 aromatic heterocycles. The summed E-state index contributed by atoms with van der Waals surface area (Å²) in [7, 11) is 0. The summed E-state index contributed by atoms with van der Waals surface area (Å²) in [6, 6.07) is 23.4. The molecular formula is C27H29N3O4. The van der Waals surface area contributed by atoms with Crippen LogP contribution in [0.25, 0.3) is 0 Å². The topological polar surface area (TPSA) is 111 Å². The molecule has 0 bridgehead atoms. The second-order valence-electron chi connectivity index (χ2n) is 7.83. The Morgan fingerprint density at radius 2 is 1.32 bits per heavy atom. The summed E-state index contributed by atoms with van der Waals surface area (Å²) in [6.45, 7) is 2.45. The highest BCUT2D eigenvalue weighted by atomic mass is 16.5. The zero-order valence-corrected chi connectivity index (χ0v) is 19.1. The predicted octanol–water partition coefficient (Wildman–Crippen LogP) is 2.64. The van der Waals surface area contributed by atoms with Crippen LogP contribution >= 0.6 is 0 Å². The zero-order chi connectivity index (χ0) is 24.3. The molecule has 0 radical (unpaired) electrons. The minimum atomic E-state index is -0.914. The Morgan fingerprint density at radius 3 is 1.91 bits per heavy atom. The molecule has 7 nitrogen and oxygen atoms in total. The quantitative estimate of drug-likeness (QED) is 0.409. The molecule has 7 heteroatoms. The average molecular weight is 460 g/mol. The molecule has 0 unspecified atom stereocenters. The van der Waals surface area contributed by atoms with E-state index < -0.39 is 23.9 Å². The van der Waals surface area contributed by atoms with Gasteiger partial charge in [0.25, 0.3) is 5.91 Å². The maximum atomic E-state index is 13.2. The van der Waals surface area contributed by atoms with Gasteiger partial charge in [-0.05, 0) is 42.3 Å². The van der Waals surface area contributed by atoms with Crippen LogP contribution in [0.15, 0.2) is 84.9 Å². The molecular weight excluding hydrogens is 430 g/mol. The third kappa shape index (κ3) is 7.20. The van der Waals surface area contributed by atoms with Crippen LogP contribution in [0.4, 0.5) is 0 Å². The van der Waals surface area contributed by atoms with E-state index in [1.807, 2.05) is 67.6 Å². The Balaban J connectivity index is 1.78. The summed E-state index contributed by atoms with van der Waals surface area (Å²) >= 11 is 0.